The van der Waals surface area contributed by atoms with E-state index in [9.17, 15) is 29.4 Å². The maximum absolute atomic E-state index is 12.6. The van der Waals surface area contributed by atoms with Gasteiger partial charge in [-0.15, -0.1) is 0 Å². The van der Waals surface area contributed by atoms with Crippen molar-refractivity contribution in [2.75, 3.05) is 10.6 Å². The molecule has 3 rings (SSSR count). The number of nitrogens with one attached hydrogen (secondary N) is 2. The SMILES string of the molecule is C=C/C(=C\C=C(/C)C(=O)O)C(=O)Nc1cc(Oc2ccc(O)c(NC(=O)c3ccc(C(=O)O)cc3)c2)ccc1O.CC.CC. The highest BCUT2D eigenvalue weighted by Crippen LogP contribution is 2.34. The van der Waals surface area contributed by atoms with E-state index in [2.05, 4.69) is 17.2 Å². The van der Waals surface area contributed by atoms with Gasteiger partial charge in [0.1, 0.15) is 23.0 Å². The van der Waals surface area contributed by atoms with Crippen LogP contribution >= 0.6 is 0 Å². The predicted molar refractivity (Wildman–Crippen MR) is 169 cm³/mol. The summed E-state index contributed by atoms with van der Waals surface area (Å²) in [5.74, 6) is -3.68. The molecule has 0 fully saturated rings. The Hall–Kier alpha value is -5.84. The molecule has 6 N–H and O–H groups in total. The number of amides is 2. The van der Waals surface area contributed by atoms with Crippen LogP contribution in [0.4, 0.5) is 11.4 Å². The van der Waals surface area contributed by atoms with Crippen LogP contribution in [-0.4, -0.2) is 44.2 Å². The van der Waals surface area contributed by atoms with E-state index in [1.165, 1.54) is 85.8 Å². The molecule has 232 valence electrons. The molecule has 44 heavy (non-hydrogen) atoms. The third-order valence-electron chi connectivity index (χ3n) is 5.39. The van der Waals surface area contributed by atoms with Crippen molar-refractivity contribution in [2.45, 2.75) is 34.6 Å². The third kappa shape index (κ3) is 10.5. The molecule has 0 atom stereocenters. The number of aliphatic carboxylic acids is 1. The van der Waals surface area contributed by atoms with E-state index in [1.54, 1.807) is 0 Å². The minimum absolute atomic E-state index is 0.00550. The molecule has 0 aromatic heterocycles. The zero-order chi connectivity index (χ0) is 33.4. The Kier molecular flexibility index (Phi) is 14.7. The fraction of sp³-hybridized carbons (Fsp3) is 0.152. The van der Waals surface area contributed by atoms with Gasteiger partial charge in [-0.05, 0) is 61.5 Å². The zero-order valence-electron chi connectivity index (χ0n) is 25.0. The van der Waals surface area contributed by atoms with Gasteiger partial charge in [0.2, 0.25) is 0 Å². The van der Waals surface area contributed by atoms with Crippen LogP contribution < -0.4 is 15.4 Å². The second kappa shape index (κ2) is 17.9. The van der Waals surface area contributed by atoms with Crippen molar-refractivity contribution in [2.24, 2.45) is 0 Å². The van der Waals surface area contributed by atoms with Gasteiger partial charge in [0.15, 0.2) is 0 Å². The summed E-state index contributed by atoms with van der Waals surface area (Å²) in [5.41, 5.74) is 0.236. The molecule has 0 unspecified atom stereocenters. The fourth-order valence-corrected chi connectivity index (χ4v) is 3.17. The third-order valence-corrected chi connectivity index (χ3v) is 5.39. The van der Waals surface area contributed by atoms with Crippen LogP contribution in [0.2, 0.25) is 0 Å². The summed E-state index contributed by atoms with van der Waals surface area (Å²) in [7, 11) is 0. The summed E-state index contributed by atoms with van der Waals surface area (Å²) < 4.78 is 5.77. The second-order valence-electron chi connectivity index (χ2n) is 8.23. The van der Waals surface area contributed by atoms with Crippen LogP contribution in [-0.2, 0) is 9.59 Å². The summed E-state index contributed by atoms with van der Waals surface area (Å²) in [6, 6.07) is 13.3. The molecule has 2 amide bonds. The molecule has 11 heteroatoms. The number of carboxylic acid groups (broad SMARTS) is 2. The van der Waals surface area contributed by atoms with Gasteiger partial charge in [0.05, 0.1) is 16.9 Å². The van der Waals surface area contributed by atoms with E-state index < -0.39 is 23.8 Å². The number of aromatic hydroxyl groups is 2. The molecular weight excluding hydrogens is 568 g/mol. The normalized spacial score (nSPS) is 10.6. The molecular formula is C33H36N2O9. The van der Waals surface area contributed by atoms with Crippen molar-refractivity contribution in [3.8, 4) is 23.0 Å². The highest BCUT2D eigenvalue weighted by molar-refractivity contribution is 6.07. The maximum atomic E-state index is 12.6. The van der Waals surface area contributed by atoms with Crippen LogP contribution in [0, 0.1) is 0 Å². The van der Waals surface area contributed by atoms with Crippen molar-refractivity contribution in [3.63, 3.8) is 0 Å². The second-order valence-corrected chi connectivity index (χ2v) is 8.23. The Balaban J connectivity index is 0.00000232. The number of anilines is 2. The number of allylic oxidation sites excluding steroid dienone is 2. The first kappa shape index (κ1) is 36.2. The lowest BCUT2D eigenvalue weighted by molar-refractivity contribution is -0.132. The first-order valence-electron chi connectivity index (χ1n) is 13.5. The van der Waals surface area contributed by atoms with Crippen LogP contribution in [0.15, 0.2) is 96.6 Å². The summed E-state index contributed by atoms with van der Waals surface area (Å²) in [6.45, 7) is 12.9. The van der Waals surface area contributed by atoms with Crippen molar-refractivity contribution >= 4 is 35.1 Å². The minimum atomic E-state index is -1.14. The quantitative estimate of drug-likeness (QED) is 0.0808. The number of benzene rings is 3. The van der Waals surface area contributed by atoms with E-state index in [0.29, 0.717) is 0 Å². The fourth-order valence-electron chi connectivity index (χ4n) is 3.17. The Labute approximate surface area is 255 Å². The molecule has 0 bridgehead atoms. The van der Waals surface area contributed by atoms with Crippen molar-refractivity contribution in [3.05, 3.63) is 108 Å². The van der Waals surface area contributed by atoms with Gasteiger partial charge in [-0.3, -0.25) is 9.59 Å². The van der Waals surface area contributed by atoms with Gasteiger partial charge in [0.25, 0.3) is 11.8 Å². The van der Waals surface area contributed by atoms with E-state index >= 15 is 0 Å². The highest BCUT2D eigenvalue weighted by atomic mass is 16.5. The Bertz CT molecular complexity index is 1560. The van der Waals surface area contributed by atoms with Gasteiger partial charge in [-0.25, -0.2) is 9.59 Å². The molecule has 0 heterocycles. The van der Waals surface area contributed by atoms with Gasteiger partial charge in [-0.2, -0.15) is 0 Å². The maximum Gasteiger partial charge on any atom is 0.335 e. The number of aromatic carboxylic acids is 1. The molecule has 0 saturated heterocycles. The summed E-state index contributed by atoms with van der Waals surface area (Å²) in [5, 5.41) is 43.4. The Morgan fingerprint density at radius 3 is 1.66 bits per heavy atom. The average Bonchev–Trinajstić information content (AvgIpc) is 3.02. The zero-order valence-corrected chi connectivity index (χ0v) is 25.0. The van der Waals surface area contributed by atoms with E-state index in [4.69, 9.17) is 14.9 Å². The lowest BCUT2D eigenvalue weighted by atomic mass is 10.1. The van der Waals surface area contributed by atoms with Crippen LogP contribution in [0.25, 0.3) is 0 Å². The lowest BCUT2D eigenvalue weighted by Crippen LogP contribution is -2.13. The molecule has 0 saturated carbocycles. The van der Waals surface area contributed by atoms with Crippen LogP contribution in [0.3, 0.4) is 0 Å². The number of hydrogen-bond donors (Lipinski definition) is 6. The summed E-state index contributed by atoms with van der Waals surface area (Å²) >= 11 is 0. The van der Waals surface area contributed by atoms with E-state index in [-0.39, 0.29) is 56.6 Å². The highest BCUT2D eigenvalue weighted by Gasteiger charge is 2.14. The van der Waals surface area contributed by atoms with Gasteiger partial charge >= 0.3 is 11.9 Å². The van der Waals surface area contributed by atoms with E-state index in [0.717, 1.165) is 0 Å². The average molecular weight is 605 g/mol. The van der Waals surface area contributed by atoms with Crippen LogP contribution in [0.1, 0.15) is 55.3 Å². The molecule has 11 nitrogen and oxygen atoms in total. The first-order chi connectivity index (χ1) is 21.0. The molecule has 3 aromatic carbocycles. The van der Waals surface area contributed by atoms with Crippen molar-refractivity contribution < 1.29 is 44.3 Å². The van der Waals surface area contributed by atoms with Crippen molar-refractivity contribution in [1.82, 2.24) is 0 Å². The topological polar surface area (TPSA) is 182 Å². The number of phenolic OH excluding ortho intramolecular Hbond substituents is 2. The van der Waals surface area contributed by atoms with Crippen molar-refractivity contribution in [1.29, 1.82) is 0 Å². The summed E-state index contributed by atoms with van der Waals surface area (Å²) in [4.78, 5) is 47.2. The summed E-state index contributed by atoms with van der Waals surface area (Å²) in [6.07, 6.45) is 3.74. The lowest BCUT2D eigenvalue weighted by Gasteiger charge is -2.13. The standard InChI is InChI=1S/C29H24N2O9.2C2H6/c1-3-17(5-4-16(2)28(36)37)26(34)30-22-14-20(10-12-24(22)32)40-21-11-13-25(33)23(15-21)31-27(35)18-6-8-19(9-7-18)29(38)39;2*1-2/h3-15,32-33H,1H2,2H3,(H,30,34)(H,31,35)(H,36,37)(H,38,39);2*1-2H3/b16-4+,17-5+;;. The van der Waals surface area contributed by atoms with Gasteiger partial charge < -0.3 is 35.8 Å². The Morgan fingerprint density at radius 1 is 0.727 bits per heavy atom. The number of rotatable bonds is 10. The number of hydrogen-bond acceptors (Lipinski definition) is 7. The molecule has 0 aliphatic rings. The Morgan fingerprint density at radius 2 is 1.20 bits per heavy atom. The number of carbonyl (C=O) groups excluding carboxylic acids is 2. The van der Waals surface area contributed by atoms with Crippen LogP contribution in [0.5, 0.6) is 23.0 Å². The minimum Gasteiger partial charge on any atom is -0.506 e. The van der Waals surface area contributed by atoms with Gasteiger partial charge in [-0.1, -0.05) is 46.4 Å². The molecule has 0 spiro atoms. The first-order valence-corrected chi connectivity index (χ1v) is 13.5. The number of phenols is 2. The predicted octanol–water partition coefficient (Wildman–Crippen LogP) is 6.97. The monoisotopic (exact) mass is 604 g/mol. The van der Waals surface area contributed by atoms with Gasteiger partial charge in [0, 0.05) is 28.8 Å². The molecule has 0 radical (unpaired) electrons. The number of ether oxygens (including phenoxy) is 1. The largest absolute Gasteiger partial charge is 0.506 e. The van der Waals surface area contributed by atoms with E-state index in [1.807, 2.05) is 27.7 Å². The molecule has 3 aromatic rings. The smallest absolute Gasteiger partial charge is 0.335 e. The number of carbonyl (C=O) groups is 4. The molecule has 0 aliphatic carbocycles. The number of carboxylic acids is 2. The molecule has 0 aliphatic heterocycles.